The molecule has 108 valence electrons. The summed E-state index contributed by atoms with van der Waals surface area (Å²) in [6.45, 7) is 8.19. The van der Waals surface area contributed by atoms with Crippen molar-refractivity contribution in [2.45, 2.75) is 18.3 Å². The summed E-state index contributed by atoms with van der Waals surface area (Å²) in [6, 6.07) is 0. The van der Waals surface area contributed by atoms with E-state index in [1.165, 1.54) is 19.4 Å². The van der Waals surface area contributed by atoms with Crippen LogP contribution in [0.4, 0.5) is 25.2 Å². The van der Waals surface area contributed by atoms with Crippen molar-refractivity contribution < 1.29 is 25.2 Å². The molecular formula is C7H16ClF6NP2. The molecule has 1 aliphatic rings. The molecule has 1 saturated heterocycles. The fourth-order valence-corrected chi connectivity index (χ4v) is 4.03. The van der Waals surface area contributed by atoms with Gasteiger partial charge in [0, 0.05) is 6.54 Å². The molecule has 0 N–H and O–H groups in total. The van der Waals surface area contributed by atoms with Crippen molar-refractivity contribution in [3.63, 3.8) is 0 Å². The van der Waals surface area contributed by atoms with Crippen LogP contribution in [0.25, 0.3) is 0 Å². The van der Waals surface area contributed by atoms with Gasteiger partial charge in [0.05, 0.1) is 27.4 Å². The molecule has 1 aliphatic heterocycles. The first kappa shape index (κ1) is 17.7. The Morgan fingerprint density at radius 3 is 1.53 bits per heavy atom. The number of nitrogens with zero attached hydrogens (tertiary/aromatic N) is 1. The van der Waals surface area contributed by atoms with Crippen LogP contribution in [-0.2, 0) is 0 Å². The van der Waals surface area contributed by atoms with Gasteiger partial charge in [-0.2, -0.15) is 4.67 Å². The second kappa shape index (κ2) is 4.36. The first-order chi connectivity index (χ1) is 6.97. The molecule has 10 heteroatoms. The molecule has 1 nitrogen and oxygen atoms in total. The van der Waals surface area contributed by atoms with Gasteiger partial charge in [-0.15, -0.1) is 11.6 Å². The summed E-state index contributed by atoms with van der Waals surface area (Å²) in [5.74, 6) is 0. The van der Waals surface area contributed by atoms with E-state index in [0.29, 0.717) is 5.50 Å². The summed E-state index contributed by atoms with van der Waals surface area (Å²) in [7, 11) is -11.5. The van der Waals surface area contributed by atoms with Gasteiger partial charge in [-0.1, -0.05) is 0 Å². The molecule has 0 radical (unpaired) electrons. The van der Waals surface area contributed by atoms with Gasteiger partial charge in [-0.25, -0.2) is 0 Å². The van der Waals surface area contributed by atoms with Gasteiger partial charge < -0.3 is 0 Å². The van der Waals surface area contributed by atoms with Crippen molar-refractivity contribution in [2.24, 2.45) is 0 Å². The Balaban J connectivity index is 0.000000325. The molecule has 0 saturated carbocycles. The van der Waals surface area contributed by atoms with Crippen LogP contribution < -0.4 is 0 Å². The SMILES string of the molecule is C[P+](C)(C)N1CCCC1Cl.F[P-](F)(F)(F)(F)F. The second-order valence-corrected chi connectivity index (χ2v) is 11.5. The molecule has 0 aromatic heterocycles. The fraction of sp³-hybridized carbons (Fsp3) is 1.00. The summed E-state index contributed by atoms with van der Waals surface area (Å²) in [5, 5.41) is 0. The molecule has 0 aromatic carbocycles. The van der Waals surface area contributed by atoms with Gasteiger partial charge in [0.1, 0.15) is 5.50 Å². The van der Waals surface area contributed by atoms with E-state index in [1.807, 2.05) is 0 Å². The molecule has 1 heterocycles. The normalized spacial score (nSPS) is 26.8. The third kappa shape index (κ3) is 12.9. The number of hydrogen-bond acceptors (Lipinski definition) is 1. The maximum absolute atomic E-state index is 10.7. The summed E-state index contributed by atoms with van der Waals surface area (Å²) in [6.07, 6.45) is 2.46. The molecule has 0 aromatic rings. The molecule has 0 aliphatic carbocycles. The Kier molecular flexibility index (Phi) is 4.54. The van der Waals surface area contributed by atoms with Crippen molar-refractivity contribution in [3.05, 3.63) is 0 Å². The molecule has 0 bridgehead atoms. The molecule has 0 amide bonds. The van der Waals surface area contributed by atoms with E-state index in [4.69, 9.17) is 11.6 Å². The van der Waals surface area contributed by atoms with Gasteiger partial charge >= 0.3 is 33.0 Å². The number of hydrogen-bond donors (Lipinski definition) is 0. The Morgan fingerprint density at radius 2 is 1.41 bits per heavy atom. The molecule has 1 rings (SSSR count). The van der Waals surface area contributed by atoms with Crippen LogP contribution in [0.1, 0.15) is 12.8 Å². The number of halogens is 7. The zero-order chi connectivity index (χ0) is 14.2. The second-order valence-electron chi connectivity index (χ2n) is 4.64. The van der Waals surface area contributed by atoms with Crippen LogP contribution in [0.5, 0.6) is 0 Å². The average molecular weight is 326 g/mol. The van der Waals surface area contributed by atoms with Crippen LogP contribution in [0.2, 0.25) is 0 Å². The van der Waals surface area contributed by atoms with E-state index in [0.717, 1.165) is 0 Å². The van der Waals surface area contributed by atoms with Crippen LogP contribution in [0.3, 0.4) is 0 Å². The van der Waals surface area contributed by atoms with Gasteiger partial charge in [0.15, 0.2) is 0 Å². The molecule has 1 fully saturated rings. The van der Waals surface area contributed by atoms with Crippen LogP contribution in [0.15, 0.2) is 0 Å². The molecule has 17 heavy (non-hydrogen) atoms. The molecule has 1 atom stereocenters. The zero-order valence-electron chi connectivity index (χ0n) is 9.69. The molecule has 0 spiro atoms. The van der Waals surface area contributed by atoms with E-state index < -0.39 is 15.2 Å². The minimum atomic E-state index is -10.7. The van der Waals surface area contributed by atoms with E-state index in [-0.39, 0.29) is 0 Å². The predicted octanol–water partition coefficient (Wildman–Crippen LogP) is 5.85. The minimum absolute atomic E-state index is 0.327. The van der Waals surface area contributed by atoms with Crippen molar-refractivity contribution in [1.82, 2.24) is 4.67 Å². The summed E-state index contributed by atoms with van der Waals surface area (Å²) < 4.78 is 61.7. The third-order valence-electron chi connectivity index (χ3n) is 1.92. The number of alkyl halides is 1. The van der Waals surface area contributed by atoms with Gasteiger partial charge in [0.25, 0.3) is 0 Å². The standard InChI is InChI=1S/C7H16ClNP.F6P/c1-10(2,3)9-6-4-5-7(9)8;1-7(2,3,4,5)6/h7H,4-6H2,1-3H3;/q+1;-1. The topological polar surface area (TPSA) is 3.24 Å². The Labute approximate surface area is 102 Å². The van der Waals surface area contributed by atoms with Crippen molar-refractivity contribution in [3.8, 4) is 0 Å². The number of rotatable bonds is 1. The summed E-state index contributed by atoms with van der Waals surface area (Å²) in [5.41, 5.74) is 0.327. The average Bonchev–Trinajstić information content (AvgIpc) is 2.24. The first-order valence-corrected chi connectivity index (χ1v) is 10.3. The van der Waals surface area contributed by atoms with E-state index in [1.54, 1.807) is 0 Å². The van der Waals surface area contributed by atoms with Crippen molar-refractivity contribution in [2.75, 3.05) is 26.5 Å². The summed E-state index contributed by atoms with van der Waals surface area (Å²) >= 11 is 6.12. The maximum atomic E-state index is 9.87. The molecular weight excluding hydrogens is 309 g/mol. The van der Waals surface area contributed by atoms with Crippen LogP contribution >= 0.6 is 26.8 Å². The quantitative estimate of drug-likeness (QED) is 0.253. The molecule has 1 unspecified atom stereocenters. The van der Waals surface area contributed by atoms with Crippen LogP contribution in [-0.4, -0.2) is 36.7 Å². The Hall–Kier alpha value is 0.690. The van der Waals surface area contributed by atoms with E-state index in [2.05, 4.69) is 24.7 Å². The van der Waals surface area contributed by atoms with Crippen LogP contribution in [0, 0.1) is 0 Å². The van der Waals surface area contributed by atoms with Crippen molar-refractivity contribution >= 4 is 26.8 Å². The monoisotopic (exact) mass is 325 g/mol. The van der Waals surface area contributed by atoms with E-state index >= 15 is 0 Å². The Bertz CT molecular complexity index is 259. The van der Waals surface area contributed by atoms with Crippen molar-refractivity contribution in [1.29, 1.82) is 0 Å². The van der Waals surface area contributed by atoms with Gasteiger partial charge in [-0.05, 0) is 12.8 Å². The zero-order valence-corrected chi connectivity index (χ0v) is 12.2. The first-order valence-electron chi connectivity index (χ1n) is 4.76. The van der Waals surface area contributed by atoms with Gasteiger partial charge in [-0.3, -0.25) is 0 Å². The van der Waals surface area contributed by atoms with E-state index in [9.17, 15) is 25.2 Å². The predicted molar refractivity (Wildman–Crippen MR) is 63.8 cm³/mol. The third-order valence-corrected chi connectivity index (χ3v) is 4.53. The van der Waals surface area contributed by atoms with Gasteiger partial charge in [0.2, 0.25) is 0 Å². The fourth-order valence-electron chi connectivity index (χ4n) is 1.39. The summed E-state index contributed by atoms with van der Waals surface area (Å²) in [4.78, 5) is 0. The Morgan fingerprint density at radius 1 is 1.06 bits per heavy atom.